The summed E-state index contributed by atoms with van der Waals surface area (Å²) in [6.07, 6.45) is 0.704. The van der Waals surface area contributed by atoms with E-state index in [0.29, 0.717) is 24.7 Å². The van der Waals surface area contributed by atoms with Gasteiger partial charge in [-0.3, -0.25) is 4.79 Å². The molecule has 0 radical (unpaired) electrons. The van der Waals surface area contributed by atoms with Gasteiger partial charge in [0.25, 0.3) is 0 Å². The van der Waals surface area contributed by atoms with Crippen LogP contribution in [0.15, 0.2) is 0 Å². The molecule has 5 atom stereocenters. The second-order valence-electron chi connectivity index (χ2n) is 6.85. The molecule has 0 aromatic carbocycles. The fraction of sp³-hybridized carbons (Fsp3) is 0.933. The molecule has 1 heterocycles. The minimum atomic E-state index is -4.13. The highest BCUT2D eigenvalue weighted by molar-refractivity contribution is 5.82. The number of hydrogen-bond acceptors (Lipinski definition) is 2. The van der Waals surface area contributed by atoms with E-state index in [1.165, 1.54) is 12.8 Å². The van der Waals surface area contributed by atoms with Gasteiger partial charge in [0.15, 0.2) is 0 Å². The van der Waals surface area contributed by atoms with Crippen LogP contribution >= 0.6 is 0 Å². The molecule has 2 N–H and O–H groups in total. The molecule has 1 aliphatic heterocycles. The zero-order valence-corrected chi connectivity index (χ0v) is 12.1. The second-order valence-corrected chi connectivity index (χ2v) is 6.85. The summed E-state index contributed by atoms with van der Waals surface area (Å²) < 4.78 is 38.4. The summed E-state index contributed by atoms with van der Waals surface area (Å²) in [6, 6.07) is -0.510. The van der Waals surface area contributed by atoms with E-state index in [4.69, 9.17) is 0 Å². The van der Waals surface area contributed by atoms with E-state index < -0.39 is 12.1 Å². The first-order chi connectivity index (χ1) is 9.95. The normalized spacial score (nSPS) is 40.0. The predicted octanol–water partition coefficient (Wildman–Crippen LogP) is 2.61. The van der Waals surface area contributed by atoms with E-state index in [9.17, 15) is 18.0 Å². The summed E-state index contributed by atoms with van der Waals surface area (Å²) in [6.45, 7) is 0.874. The van der Waals surface area contributed by atoms with Gasteiger partial charge in [0.05, 0.1) is 12.0 Å². The Morgan fingerprint density at radius 2 is 1.86 bits per heavy atom. The SMILES string of the molecule is O=C(NC1CCCC(C(F)(F)F)C1)C1NCC2CCCC21. The number of fused-ring (bicyclic) bond motifs is 1. The molecule has 3 aliphatic rings. The molecular formula is C15H23F3N2O. The third-order valence-electron chi connectivity index (χ3n) is 5.51. The number of hydrogen-bond donors (Lipinski definition) is 2. The zero-order valence-electron chi connectivity index (χ0n) is 12.1. The predicted molar refractivity (Wildman–Crippen MR) is 72.6 cm³/mol. The quantitative estimate of drug-likeness (QED) is 0.823. The van der Waals surface area contributed by atoms with Crippen molar-refractivity contribution in [1.29, 1.82) is 0 Å². The lowest BCUT2D eigenvalue weighted by Gasteiger charge is -2.32. The van der Waals surface area contributed by atoms with Crippen molar-refractivity contribution in [3.05, 3.63) is 0 Å². The highest BCUT2D eigenvalue weighted by Crippen LogP contribution is 2.39. The first kappa shape index (κ1) is 15.1. The van der Waals surface area contributed by atoms with Gasteiger partial charge in [-0.15, -0.1) is 0 Å². The molecule has 3 rings (SSSR count). The summed E-state index contributed by atoms with van der Waals surface area (Å²) in [5, 5.41) is 6.13. The third kappa shape index (κ3) is 3.20. The Labute approximate surface area is 123 Å². The number of nitrogens with one attached hydrogen (secondary N) is 2. The van der Waals surface area contributed by atoms with E-state index in [1.54, 1.807) is 0 Å². The summed E-state index contributed by atoms with van der Waals surface area (Å²) in [7, 11) is 0. The lowest BCUT2D eigenvalue weighted by atomic mass is 9.85. The Balaban J connectivity index is 1.55. The standard InChI is InChI=1S/C15H23F3N2O/c16-15(17,18)10-4-2-5-11(7-10)20-14(21)13-12-6-1-3-9(12)8-19-13/h9-13,19H,1-8H2,(H,20,21). The van der Waals surface area contributed by atoms with E-state index >= 15 is 0 Å². The van der Waals surface area contributed by atoms with Crippen molar-refractivity contribution in [1.82, 2.24) is 10.6 Å². The highest BCUT2D eigenvalue weighted by atomic mass is 19.4. The third-order valence-corrected chi connectivity index (χ3v) is 5.51. The van der Waals surface area contributed by atoms with Crippen LogP contribution in [0.5, 0.6) is 0 Å². The Kier molecular flexibility index (Phi) is 4.17. The molecule has 2 aliphatic carbocycles. The average Bonchev–Trinajstić information content (AvgIpc) is 2.99. The van der Waals surface area contributed by atoms with Gasteiger partial charge >= 0.3 is 6.18 Å². The van der Waals surface area contributed by atoms with Gasteiger partial charge in [0, 0.05) is 6.04 Å². The molecule has 3 nitrogen and oxygen atoms in total. The molecule has 1 saturated heterocycles. The molecule has 0 aromatic rings. The van der Waals surface area contributed by atoms with Crippen LogP contribution in [-0.2, 0) is 4.79 Å². The molecule has 2 saturated carbocycles. The van der Waals surface area contributed by atoms with Gasteiger partial charge in [0.1, 0.15) is 0 Å². The van der Waals surface area contributed by atoms with E-state index in [-0.39, 0.29) is 30.8 Å². The molecular weight excluding hydrogens is 281 g/mol. The largest absolute Gasteiger partial charge is 0.391 e. The van der Waals surface area contributed by atoms with Gasteiger partial charge in [-0.1, -0.05) is 12.8 Å². The molecule has 21 heavy (non-hydrogen) atoms. The summed E-state index contributed by atoms with van der Waals surface area (Å²) in [4.78, 5) is 12.4. The maximum Gasteiger partial charge on any atom is 0.391 e. The van der Waals surface area contributed by atoms with Crippen LogP contribution in [0.25, 0.3) is 0 Å². The fourth-order valence-electron chi connectivity index (χ4n) is 4.38. The average molecular weight is 304 g/mol. The summed E-state index contributed by atoms with van der Waals surface area (Å²) in [5.41, 5.74) is 0. The number of carbonyl (C=O) groups excluding carboxylic acids is 1. The number of carbonyl (C=O) groups is 1. The molecule has 0 aromatic heterocycles. The highest BCUT2D eigenvalue weighted by Gasteiger charge is 2.45. The number of rotatable bonds is 2. The van der Waals surface area contributed by atoms with E-state index in [0.717, 1.165) is 13.0 Å². The Hall–Kier alpha value is -0.780. The molecule has 0 spiro atoms. The van der Waals surface area contributed by atoms with Gasteiger partial charge in [-0.05, 0) is 50.5 Å². The van der Waals surface area contributed by atoms with Crippen LogP contribution < -0.4 is 10.6 Å². The number of alkyl halides is 3. The first-order valence-electron chi connectivity index (χ1n) is 8.05. The minimum absolute atomic E-state index is 0.0378. The number of amides is 1. The smallest absolute Gasteiger partial charge is 0.352 e. The van der Waals surface area contributed by atoms with Crippen molar-refractivity contribution in [2.45, 2.75) is 63.2 Å². The second kappa shape index (κ2) is 5.78. The van der Waals surface area contributed by atoms with Crippen molar-refractivity contribution in [2.24, 2.45) is 17.8 Å². The van der Waals surface area contributed by atoms with Crippen LogP contribution in [0.3, 0.4) is 0 Å². The zero-order chi connectivity index (χ0) is 15.0. The Morgan fingerprint density at radius 1 is 1.10 bits per heavy atom. The van der Waals surface area contributed by atoms with Gasteiger partial charge in [-0.25, -0.2) is 0 Å². The monoisotopic (exact) mass is 304 g/mol. The molecule has 1 amide bonds. The van der Waals surface area contributed by atoms with Crippen molar-refractivity contribution in [3.63, 3.8) is 0 Å². The molecule has 120 valence electrons. The van der Waals surface area contributed by atoms with Crippen LogP contribution in [0.4, 0.5) is 13.2 Å². The van der Waals surface area contributed by atoms with Crippen molar-refractivity contribution in [3.8, 4) is 0 Å². The van der Waals surface area contributed by atoms with E-state index in [1.807, 2.05) is 0 Å². The molecule has 6 heteroatoms. The van der Waals surface area contributed by atoms with Crippen molar-refractivity contribution >= 4 is 5.91 Å². The van der Waals surface area contributed by atoms with Crippen LogP contribution in [0.1, 0.15) is 44.9 Å². The van der Waals surface area contributed by atoms with E-state index in [2.05, 4.69) is 10.6 Å². The van der Waals surface area contributed by atoms with Crippen LogP contribution in [0, 0.1) is 17.8 Å². The van der Waals surface area contributed by atoms with Crippen LogP contribution in [-0.4, -0.2) is 30.7 Å². The minimum Gasteiger partial charge on any atom is -0.352 e. The van der Waals surface area contributed by atoms with Crippen LogP contribution in [0.2, 0.25) is 0 Å². The lowest BCUT2D eigenvalue weighted by Crippen LogP contribution is -2.49. The van der Waals surface area contributed by atoms with Crippen molar-refractivity contribution in [2.75, 3.05) is 6.54 Å². The fourth-order valence-corrected chi connectivity index (χ4v) is 4.38. The Bertz CT molecular complexity index is 399. The molecule has 5 unspecified atom stereocenters. The number of halogens is 3. The topological polar surface area (TPSA) is 41.1 Å². The van der Waals surface area contributed by atoms with Gasteiger partial charge in [0.2, 0.25) is 5.91 Å². The maximum absolute atomic E-state index is 12.8. The first-order valence-corrected chi connectivity index (χ1v) is 8.05. The van der Waals surface area contributed by atoms with Gasteiger partial charge in [-0.2, -0.15) is 13.2 Å². The van der Waals surface area contributed by atoms with Crippen molar-refractivity contribution < 1.29 is 18.0 Å². The molecule has 3 fully saturated rings. The molecule has 0 bridgehead atoms. The Morgan fingerprint density at radius 3 is 2.62 bits per heavy atom. The maximum atomic E-state index is 12.8. The summed E-state index contributed by atoms with van der Waals surface area (Å²) >= 11 is 0. The summed E-state index contributed by atoms with van der Waals surface area (Å²) in [5.74, 6) is -0.383. The lowest BCUT2D eigenvalue weighted by molar-refractivity contribution is -0.184. The van der Waals surface area contributed by atoms with Gasteiger partial charge < -0.3 is 10.6 Å².